The van der Waals surface area contributed by atoms with Crippen LogP contribution < -0.4 is 10.1 Å². The third kappa shape index (κ3) is 5.74. The SMILES string of the molecule is COC12CCC(NC(=O)Cc3ccc(Cl)c(Cl)c3)CC1(c1cccc(OC(C)=O)c1)CCN(CC1CC1)C2. The van der Waals surface area contributed by atoms with Crippen LogP contribution in [0.2, 0.25) is 10.0 Å². The molecule has 1 heterocycles. The lowest BCUT2D eigenvalue weighted by Gasteiger charge is -2.60. The molecule has 5 rings (SSSR count). The summed E-state index contributed by atoms with van der Waals surface area (Å²) in [5, 5.41) is 4.23. The molecule has 3 aliphatic rings. The number of fused-ring (bicyclic) bond motifs is 1. The normalized spacial score (nSPS) is 27.4. The van der Waals surface area contributed by atoms with Crippen LogP contribution in [0, 0.1) is 5.92 Å². The van der Waals surface area contributed by atoms with Gasteiger partial charge in [-0.25, -0.2) is 0 Å². The number of amides is 1. The van der Waals surface area contributed by atoms with Gasteiger partial charge in [-0.3, -0.25) is 9.59 Å². The maximum absolute atomic E-state index is 13.1. The fourth-order valence-corrected chi connectivity index (χ4v) is 6.99. The molecular formula is C30H36Cl2N2O4. The number of nitrogens with zero attached hydrogens (tertiary/aromatic N) is 1. The van der Waals surface area contributed by atoms with Crippen molar-refractivity contribution < 1.29 is 19.1 Å². The van der Waals surface area contributed by atoms with Gasteiger partial charge in [-0.1, -0.05) is 41.4 Å². The second-order valence-corrected chi connectivity index (χ2v) is 12.1. The molecule has 8 heteroatoms. The number of esters is 1. The van der Waals surface area contributed by atoms with Crippen LogP contribution in [-0.2, 0) is 26.2 Å². The highest BCUT2D eigenvalue weighted by Gasteiger charge is 2.59. The van der Waals surface area contributed by atoms with Crippen molar-refractivity contribution in [2.75, 3.05) is 26.7 Å². The Labute approximate surface area is 235 Å². The number of nitrogens with one attached hydrogen (secondary N) is 1. The Kier molecular flexibility index (Phi) is 8.07. The molecule has 2 aliphatic carbocycles. The topological polar surface area (TPSA) is 67.9 Å². The third-order valence-electron chi connectivity index (χ3n) is 8.66. The number of benzene rings is 2. The van der Waals surface area contributed by atoms with Gasteiger partial charge >= 0.3 is 5.97 Å². The van der Waals surface area contributed by atoms with Crippen molar-refractivity contribution >= 4 is 35.1 Å². The monoisotopic (exact) mass is 558 g/mol. The molecule has 1 N–H and O–H groups in total. The van der Waals surface area contributed by atoms with Crippen molar-refractivity contribution in [3.63, 3.8) is 0 Å². The van der Waals surface area contributed by atoms with Gasteiger partial charge in [0.05, 0.1) is 22.1 Å². The number of methoxy groups -OCH3 is 1. The van der Waals surface area contributed by atoms with Crippen molar-refractivity contribution in [3.05, 3.63) is 63.6 Å². The minimum atomic E-state index is -0.389. The fraction of sp³-hybridized carbons (Fsp3) is 0.533. The van der Waals surface area contributed by atoms with Crippen LogP contribution >= 0.6 is 23.2 Å². The first-order valence-electron chi connectivity index (χ1n) is 13.5. The van der Waals surface area contributed by atoms with Crippen molar-refractivity contribution in [3.8, 4) is 5.75 Å². The van der Waals surface area contributed by atoms with E-state index in [9.17, 15) is 9.59 Å². The minimum Gasteiger partial charge on any atom is -0.427 e. The van der Waals surface area contributed by atoms with Gasteiger partial charge in [0.25, 0.3) is 0 Å². The average molecular weight is 560 g/mol. The van der Waals surface area contributed by atoms with Crippen LogP contribution in [-0.4, -0.2) is 55.2 Å². The summed E-state index contributed by atoms with van der Waals surface area (Å²) in [7, 11) is 1.83. The number of ether oxygens (including phenoxy) is 2. The molecule has 2 aromatic carbocycles. The Morgan fingerprint density at radius 3 is 2.61 bits per heavy atom. The van der Waals surface area contributed by atoms with Crippen molar-refractivity contribution in [2.45, 2.75) is 68.9 Å². The third-order valence-corrected chi connectivity index (χ3v) is 9.40. The predicted octanol–water partition coefficient (Wildman–Crippen LogP) is 5.57. The van der Waals surface area contributed by atoms with Crippen LogP contribution in [0.1, 0.15) is 56.6 Å². The fourth-order valence-electron chi connectivity index (χ4n) is 6.67. The largest absolute Gasteiger partial charge is 0.427 e. The van der Waals surface area contributed by atoms with E-state index < -0.39 is 0 Å². The molecule has 204 valence electrons. The minimum absolute atomic E-state index is 0.000843. The second kappa shape index (κ2) is 11.2. The van der Waals surface area contributed by atoms with Crippen LogP contribution in [0.15, 0.2) is 42.5 Å². The summed E-state index contributed by atoms with van der Waals surface area (Å²) in [6, 6.07) is 13.2. The summed E-state index contributed by atoms with van der Waals surface area (Å²) in [5.41, 5.74) is 1.22. The zero-order valence-electron chi connectivity index (χ0n) is 22.1. The smallest absolute Gasteiger partial charge is 0.308 e. The van der Waals surface area contributed by atoms with E-state index in [2.05, 4.69) is 16.3 Å². The number of likely N-dealkylation sites (tertiary alicyclic amines) is 1. The molecule has 0 aromatic heterocycles. The maximum Gasteiger partial charge on any atom is 0.308 e. The zero-order chi connectivity index (χ0) is 26.9. The molecule has 2 saturated carbocycles. The maximum atomic E-state index is 13.1. The molecule has 3 atom stereocenters. The number of hydrogen-bond donors (Lipinski definition) is 1. The standard InChI is InChI=1S/C30H36Cl2N2O4/c1-20(35)38-25-5-3-4-23(16-25)29-12-13-34(18-21-6-7-21)19-30(29,37-2)11-10-24(17-29)33-28(36)15-22-8-9-26(31)27(32)14-22/h3-5,8-9,14,16,21,24H,6-7,10-13,15,17-19H2,1-2H3,(H,33,36). The highest BCUT2D eigenvalue weighted by Crippen LogP contribution is 2.54. The first kappa shape index (κ1) is 27.4. The molecule has 6 nitrogen and oxygen atoms in total. The number of carbonyl (C=O) groups excluding carboxylic acids is 2. The lowest BCUT2D eigenvalue weighted by molar-refractivity contribution is -0.151. The number of hydrogen-bond acceptors (Lipinski definition) is 5. The van der Waals surface area contributed by atoms with Gasteiger partial charge in [-0.15, -0.1) is 0 Å². The van der Waals surface area contributed by atoms with Gasteiger partial charge in [0.15, 0.2) is 0 Å². The van der Waals surface area contributed by atoms with Gasteiger partial charge in [0.2, 0.25) is 5.91 Å². The summed E-state index contributed by atoms with van der Waals surface area (Å²) in [6.45, 7) is 4.38. The Balaban J connectivity index is 1.41. The molecular weight excluding hydrogens is 523 g/mol. The van der Waals surface area contributed by atoms with E-state index in [1.54, 1.807) is 12.1 Å². The highest BCUT2D eigenvalue weighted by atomic mass is 35.5. The van der Waals surface area contributed by atoms with Crippen molar-refractivity contribution in [1.82, 2.24) is 10.2 Å². The van der Waals surface area contributed by atoms with Crippen LogP contribution in [0.4, 0.5) is 0 Å². The van der Waals surface area contributed by atoms with Crippen molar-refractivity contribution in [1.29, 1.82) is 0 Å². The molecule has 3 unspecified atom stereocenters. The lowest BCUT2D eigenvalue weighted by atomic mass is 9.55. The van der Waals surface area contributed by atoms with E-state index in [4.69, 9.17) is 32.7 Å². The number of halogens is 2. The number of rotatable bonds is 8. The van der Waals surface area contributed by atoms with E-state index in [0.29, 0.717) is 15.8 Å². The Morgan fingerprint density at radius 2 is 1.89 bits per heavy atom. The van der Waals surface area contributed by atoms with Gasteiger partial charge in [0.1, 0.15) is 5.75 Å². The summed E-state index contributed by atoms with van der Waals surface area (Å²) >= 11 is 12.2. The first-order valence-corrected chi connectivity index (χ1v) is 14.3. The molecule has 0 bridgehead atoms. The molecule has 1 saturated heterocycles. The summed E-state index contributed by atoms with van der Waals surface area (Å²) in [6.07, 6.45) is 6.22. The summed E-state index contributed by atoms with van der Waals surface area (Å²) in [5.74, 6) is 0.975. The molecule has 2 aromatic rings. The van der Waals surface area contributed by atoms with E-state index in [-0.39, 0.29) is 35.4 Å². The average Bonchev–Trinajstić information content (AvgIpc) is 3.70. The zero-order valence-corrected chi connectivity index (χ0v) is 23.6. The summed E-state index contributed by atoms with van der Waals surface area (Å²) in [4.78, 5) is 27.4. The van der Waals surface area contributed by atoms with Gasteiger partial charge in [0, 0.05) is 38.6 Å². The number of piperidine rings is 1. The Morgan fingerprint density at radius 1 is 1.08 bits per heavy atom. The van der Waals surface area contributed by atoms with Crippen LogP contribution in [0.3, 0.4) is 0 Å². The van der Waals surface area contributed by atoms with E-state index >= 15 is 0 Å². The predicted molar refractivity (Wildman–Crippen MR) is 149 cm³/mol. The molecule has 0 spiro atoms. The Hall–Kier alpha value is -2.12. The van der Waals surface area contributed by atoms with Gasteiger partial charge in [-0.2, -0.15) is 0 Å². The van der Waals surface area contributed by atoms with Gasteiger partial charge < -0.3 is 19.7 Å². The van der Waals surface area contributed by atoms with Crippen LogP contribution in [0.25, 0.3) is 0 Å². The quantitative estimate of drug-likeness (QED) is 0.339. The van der Waals surface area contributed by atoms with E-state index in [1.807, 2.05) is 31.4 Å². The van der Waals surface area contributed by atoms with Crippen molar-refractivity contribution in [2.24, 2.45) is 5.92 Å². The Bertz CT molecular complexity index is 1200. The second-order valence-electron chi connectivity index (χ2n) is 11.3. The molecule has 3 fully saturated rings. The van der Waals surface area contributed by atoms with E-state index in [1.165, 1.54) is 19.8 Å². The molecule has 38 heavy (non-hydrogen) atoms. The number of carbonyl (C=O) groups is 2. The van der Waals surface area contributed by atoms with Gasteiger partial charge in [-0.05, 0) is 86.4 Å². The molecule has 0 radical (unpaired) electrons. The molecule has 1 aliphatic heterocycles. The summed E-state index contributed by atoms with van der Waals surface area (Å²) < 4.78 is 11.9. The van der Waals surface area contributed by atoms with Crippen LogP contribution in [0.5, 0.6) is 5.75 Å². The highest BCUT2D eigenvalue weighted by molar-refractivity contribution is 6.42. The van der Waals surface area contributed by atoms with E-state index in [0.717, 1.165) is 62.4 Å². The molecule has 1 amide bonds. The first-order chi connectivity index (χ1) is 18.2. The lowest BCUT2D eigenvalue weighted by Crippen LogP contribution is -2.68.